The van der Waals surface area contributed by atoms with E-state index in [1.807, 2.05) is 0 Å². The molecule has 2 rings (SSSR count). The lowest BCUT2D eigenvalue weighted by Crippen LogP contribution is -2.38. The first-order valence-electron chi connectivity index (χ1n) is 8.74. The lowest BCUT2D eigenvalue weighted by atomic mass is 10.1. The maximum atomic E-state index is 13.1. The number of benzene rings is 2. The zero-order valence-corrected chi connectivity index (χ0v) is 17.0. The van der Waals surface area contributed by atoms with Crippen LogP contribution in [0.5, 0.6) is 0 Å². The van der Waals surface area contributed by atoms with Crippen molar-refractivity contribution in [1.29, 1.82) is 0 Å². The van der Waals surface area contributed by atoms with E-state index < -0.39 is 45.8 Å². The van der Waals surface area contributed by atoms with Gasteiger partial charge in [0.25, 0.3) is 5.91 Å². The molecule has 0 unspecified atom stereocenters. The number of sulfonamides is 1. The van der Waals surface area contributed by atoms with Gasteiger partial charge in [-0.15, -0.1) is 0 Å². The summed E-state index contributed by atoms with van der Waals surface area (Å²) >= 11 is 0. The molecule has 0 bridgehead atoms. The Hall–Kier alpha value is -3.08. The van der Waals surface area contributed by atoms with E-state index >= 15 is 0 Å². The molecule has 0 fully saturated rings. The Morgan fingerprint density at radius 1 is 1.07 bits per heavy atom. The van der Waals surface area contributed by atoms with Crippen LogP contribution in [-0.4, -0.2) is 44.5 Å². The highest BCUT2D eigenvalue weighted by atomic mass is 32.2. The van der Waals surface area contributed by atoms with Crippen molar-refractivity contribution in [2.75, 3.05) is 29.4 Å². The summed E-state index contributed by atoms with van der Waals surface area (Å²) in [5.74, 6) is -1.37. The van der Waals surface area contributed by atoms with Crippen LogP contribution in [0.15, 0.2) is 48.5 Å². The number of nitrogens with zero attached hydrogens (tertiary/aromatic N) is 1. The van der Waals surface area contributed by atoms with Gasteiger partial charge in [-0.3, -0.25) is 14.3 Å². The summed E-state index contributed by atoms with van der Waals surface area (Å²) in [5, 5.41) is 2.19. The molecule has 0 saturated heterocycles. The average molecular weight is 443 g/mol. The van der Waals surface area contributed by atoms with Crippen LogP contribution in [0.4, 0.5) is 24.5 Å². The van der Waals surface area contributed by atoms with E-state index in [2.05, 4.69) is 10.0 Å². The molecule has 0 heterocycles. The number of hydrogen-bond acceptors (Lipinski definition) is 4. The van der Waals surface area contributed by atoms with Crippen LogP contribution in [0.3, 0.4) is 0 Å². The normalized spacial score (nSPS) is 11.6. The highest BCUT2D eigenvalue weighted by molar-refractivity contribution is 7.92. The summed E-state index contributed by atoms with van der Waals surface area (Å²) in [6.07, 6.45) is -3.68. The van der Waals surface area contributed by atoms with Crippen molar-refractivity contribution in [1.82, 2.24) is 4.90 Å². The highest BCUT2D eigenvalue weighted by Gasteiger charge is 2.33. The number of halogens is 3. The van der Waals surface area contributed by atoms with Gasteiger partial charge in [0, 0.05) is 17.8 Å². The van der Waals surface area contributed by atoms with Gasteiger partial charge in [-0.1, -0.05) is 18.2 Å². The Morgan fingerprint density at radius 2 is 1.73 bits per heavy atom. The van der Waals surface area contributed by atoms with Crippen molar-refractivity contribution >= 4 is 33.2 Å². The van der Waals surface area contributed by atoms with E-state index in [0.717, 1.165) is 23.3 Å². The molecule has 2 aromatic carbocycles. The molecule has 0 spiro atoms. The summed E-state index contributed by atoms with van der Waals surface area (Å²) in [5.41, 5.74) is -1.11. The topological polar surface area (TPSA) is 95.6 Å². The summed E-state index contributed by atoms with van der Waals surface area (Å²) in [6.45, 7) is 1.23. The predicted molar refractivity (Wildman–Crippen MR) is 107 cm³/mol. The fraction of sp³-hybridized carbons (Fsp3) is 0.263. The quantitative estimate of drug-likeness (QED) is 0.687. The number of likely N-dealkylation sites (N-methyl/N-ethyl adjacent to an activating group) is 1. The minimum absolute atomic E-state index is 0.108. The average Bonchev–Trinajstić information content (AvgIpc) is 2.64. The van der Waals surface area contributed by atoms with Crippen LogP contribution in [-0.2, 0) is 21.0 Å². The molecule has 0 aliphatic heterocycles. The SMILES string of the molecule is CCN(CC(=O)Nc1ccccc1C(F)(F)F)C(=O)c1cccc(NS(C)(=O)=O)c1. The van der Waals surface area contributed by atoms with Gasteiger partial charge >= 0.3 is 6.18 Å². The maximum absolute atomic E-state index is 13.1. The Labute approximate surface area is 171 Å². The molecule has 0 aliphatic rings. The predicted octanol–water partition coefficient (Wildman–Crippen LogP) is 3.18. The summed E-state index contributed by atoms with van der Waals surface area (Å²) in [4.78, 5) is 26.1. The lowest BCUT2D eigenvalue weighted by Gasteiger charge is -2.21. The molecule has 30 heavy (non-hydrogen) atoms. The summed E-state index contributed by atoms with van der Waals surface area (Å²) in [6, 6.07) is 10.2. The molecule has 0 radical (unpaired) electrons. The molecule has 2 aromatic rings. The standard InChI is InChI=1S/C19H20F3N3O4S/c1-3-25(18(27)13-7-6-8-14(11-13)24-30(2,28)29)12-17(26)23-16-10-5-4-9-15(16)19(20,21)22/h4-11,24H,3,12H2,1-2H3,(H,23,26). The Morgan fingerprint density at radius 3 is 2.33 bits per heavy atom. The Kier molecular flexibility index (Phi) is 7.08. The molecule has 11 heteroatoms. The number of rotatable bonds is 7. The van der Waals surface area contributed by atoms with E-state index in [0.29, 0.717) is 0 Å². The van der Waals surface area contributed by atoms with Gasteiger partial charge in [0.2, 0.25) is 15.9 Å². The molecular weight excluding hydrogens is 423 g/mol. The summed E-state index contributed by atoms with van der Waals surface area (Å²) < 4.78 is 64.1. The van der Waals surface area contributed by atoms with Crippen LogP contribution in [0.1, 0.15) is 22.8 Å². The number of alkyl halides is 3. The lowest BCUT2D eigenvalue weighted by molar-refractivity contribution is -0.137. The van der Waals surface area contributed by atoms with Gasteiger partial charge in [-0.05, 0) is 37.3 Å². The number of carbonyl (C=O) groups is 2. The molecular formula is C19H20F3N3O4S. The molecule has 0 aromatic heterocycles. The first-order valence-corrected chi connectivity index (χ1v) is 10.6. The third-order valence-electron chi connectivity index (χ3n) is 3.92. The monoisotopic (exact) mass is 443 g/mol. The van der Waals surface area contributed by atoms with E-state index in [4.69, 9.17) is 0 Å². The fourth-order valence-corrected chi connectivity index (χ4v) is 3.20. The molecule has 7 nitrogen and oxygen atoms in total. The largest absolute Gasteiger partial charge is 0.418 e. The van der Waals surface area contributed by atoms with Crippen LogP contribution in [0.2, 0.25) is 0 Å². The van der Waals surface area contributed by atoms with Crippen molar-refractivity contribution in [3.63, 3.8) is 0 Å². The smallest absolute Gasteiger partial charge is 0.330 e. The first-order chi connectivity index (χ1) is 13.9. The molecule has 0 atom stereocenters. The van der Waals surface area contributed by atoms with Crippen molar-refractivity contribution in [3.05, 3.63) is 59.7 Å². The highest BCUT2D eigenvalue weighted by Crippen LogP contribution is 2.34. The maximum Gasteiger partial charge on any atom is 0.418 e. The summed E-state index contributed by atoms with van der Waals surface area (Å²) in [7, 11) is -3.55. The number of nitrogens with one attached hydrogen (secondary N) is 2. The second-order valence-electron chi connectivity index (χ2n) is 6.37. The van der Waals surface area contributed by atoms with Gasteiger partial charge in [0.05, 0.1) is 17.5 Å². The fourth-order valence-electron chi connectivity index (χ4n) is 2.64. The molecule has 2 N–H and O–H groups in total. The Bertz CT molecular complexity index is 1040. The van der Waals surface area contributed by atoms with Crippen molar-refractivity contribution in [2.45, 2.75) is 13.1 Å². The zero-order valence-electron chi connectivity index (χ0n) is 16.2. The first kappa shape index (κ1) is 23.2. The van der Waals surface area contributed by atoms with Gasteiger partial charge in [0.15, 0.2) is 0 Å². The van der Waals surface area contributed by atoms with Crippen molar-refractivity contribution in [3.8, 4) is 0 Å². The number of anilines is 2. The second-order valence-corrected chi connectivity index (χ2v) is 8.11. The van der Waals surface area contributed by atoms with Gasteiger partial charge in [0.1, 0.15) is 6.54 Å². The van der Waals surface area contributed by atoms with Crippen molar-refractivity contribution < 1.29 is 31.2 Å². The molecule has 162 valence electrons. The third-order valence-corrected chi connectivity index (χ3v) is 4.53. The molecule has 2 amide bonds. The third kappa shape index (κ3) is 6.48. The van der Waals surface area contributed by atoms with E-state index in [1.165, 1.54) is 36.4 Å². The van der Waals surface area contributed by atoms with Gasteiger partial charge in [-0.2, -0.15) is 13.2 Å². The minimum Gasteiger partial charge on any atom is -0.330 e. The molecule has 0 saturated carbocycles. The number of hydrogen-bond donors (Lipinski definition) is 2. The van der Waals surface area contributed by atoms with E-state index in [-0.39, 0.29) is 17.8 Å². The molecule has 0 aliphatic carbocycles. The minimum atomic E-state index is -4.64. The zero-order chi connectivity index (χ0) is 22.5. The van der Waals surface area contributed by atoms with Gasteiger partial charge in [-0.25, -0.2) is 8.42 Å². The second kappa shape index (κ2) is 9.16. The number of para-hydroxylation sites is 1. The Balaban J connectivity index is 2.15. The van der Waals surface area contributed by atoms with Crippen LogP contribution >= 0.6 is 0 Å². The van der Waals surface area contributed by atoms with E-state index in [1.54, 1.807) is 6.92 Å². The number of carbonyl (C=O) groups excluding carboxylic acids is 2. The van der Waals surface area contributed by atoms with E-state index in [9.17, 15) is 31.2 Å². The van der Waals surface area contributed by atoms with Crippen LogP contribution in [0, 0.1) is 0 Å². The van der Waals surface area contributed by atoms with Crippen molar-refractivity contribution in [2.24, 2.45) is 0 Å². The van der Waals surface area contributed by atoms with Gasteiger partial charge < -0.3 is 10.2 Å². The van der Waals surface area contributed by atoms with Crippen LogP contribution in [0.25, 0.3) is 0 Å². The van der Waals surface area contributed by atoms with Crippen LogP contribution < -0.4 is 10.0 Å². The number of amides is 2.